The monoisotopic (exact) mass is 170 g/mol. The molecular formula is C10H20NO+. The summed E-state index contributed by atoms with van der Waals surface area (Å²) in [6.45, 7) is 11.9. The van der Waals surface area contributed by atoms with Gasteiger partial charge in [-0.3, -0.25) is 0 Å². The normalized spacial score (nSPS) is 24.1. The first kappa shape index (κ1) is 9.56. The van der Waals surface area contributed by atoms with Crippen molar-refractivity contribution < 1.29 is 9.31 Å². The third-order valence-electron chi connectivity index (χ3n) is 2.25. The summed E-state index contributed by atoms with van der Waals surface area (Å²) < 4.78 is 8.02. The Balaban J connectivity index is 2.90. The average molecular weight is 170 g/mol. The third kappa shape index (κ3) is 1.62. The molecule has 1 aliphatic rings. The average Bonchev–Trinajstić information content (AvgIpc) is 2.30. The minimum Gasteiger partial charge on any atom is -0.441 e. The minimum absolute atomic E-state index is 0.511. The number of rotatable bonds is 2. The van der Waals surface area contributed by atoms with Crippen molar-refractivity contribution in [3.05, 3.63) is 0 Å². The van der Waals surface area contributed by atoms with Gasteiger partial charge in [0.2, 0.25) is 0 Å². The molecule has 0 saturated carbocycles. The zero-order valence-corrected chi connectivity index (χ0v) is 8.79. The number of nitrogens with zero attached hydrogens (tertiary/aromatic N) is 1. The molecule has 2 heteroatoms. The van der Waals surface area contributed by atoms with E-state index in [0.717, 1.165) is 12.5 Å². The van der Waals surface area contributed by atoms with E-state index >= 15 is 0 Å². The summed E-state index contributed by atoms with van der Waals surface area (Å²) in [6, 6.07) is 1.10. The molecule has 0 aliphatic carbocycles. The van der Waals surface area contributed by atoms with E-state index in [1.807, 2.05) is 0 Å². The first-order valence-electron chi connectivity index (χ1n) is 4.82. The molecule has 0 amide bonds. The van der Waals surface area contributed by atoms with Crippen LogP contribution in [0, 0.1) is 5.92 Å². The maximum atomic E-state index is 5.64. The van der Waals surface area contributed by atoms with E-state index in [1.54, 1.807) is 0 Å². The summed E-state index contributed by atoms with van der Waals surface area (Å²) in [5.41, 5.74) is 0. The summed E-state index contributed by atoms with van der Waals surface area (Å²) in [5.74, 6) is 1.68. The van der Waals surface area contributed by atoms with E-state index in [9.17, 15) is 0 Å². The molecule has 0 aromatic carbocycles. The van der Waals surface area contributed by atoms with Gasteiger partial charge in [-0.1, -0.05) is 0 Å². The van der Waals surface area contributed by atoms with Crippen molar-refractivity contribution in [2.45, 2.75) is 46.7 Å². The molecule has 1 rings (SSSR count). The second-order valence-electron chi connectivity index (χ2n) is 4.15. The molecule has 0 fully saturated rings. The van der Waals surface area contributed by atoms with E-state index in [0.29, 0.717) is 18.0 Å². The summed E-state index contributed by atoms with van der Waals surface area (Å²) in [5, 5.41) is 0. The van der Waals surface area contributed by atoms with Crippen LogP contribution in [-0.4, -0.2) is 29.2 Å². The summed E-state index contributed by atoms with van der Waals surface area (Å²) in [6.07, 6.45) is 0. The molecule has 1 aliphatic heterocycles. The smallest absolute Gasteiger partial charge is 0.339 e. The zero-order valence-electron chi connectivity index (χ0n) is 8.79. The van der Waals surface area contributed by atoms with Crippen molar-refractivity contribution in [3.63, 3.8) is 0 Å². The highest BCUT2D eigenvalue weighted by Crippen LogP contribution is 2.13. The largest absolute Gasteiger partial charge is 0.441 e. The van der Waals surface area contributed by atoms with Gasteiger partial charge in [0.05, 0.1) is 5.92 Å². The molecule has 0 radical (unpaired) electrons. The van der Waals surface area contributed by atoms with Crippen LogP contribution in [0.2, 0.25) is 0 Å². The summed E-state index contributed by atoms with van der Waals surface area (Å²) in [7, 11) is 0. The third-order valence-corrected chi connectivity index (χ3v) is 2.25. The topological polar surface area (TPSA) is 12.2 Å². The van der Waals surface area contributed by atoms with Crippen LogP contribution >= 0.6 is 0 Å². The highest BCUT2D eigenvalue weighted by molar-refractivity contribution is 5.73. The van der Waals surface area contributed by atoms with Gasteiger partial charge in [-0.05, 0) is 27.7 Å². The lowest BCUT2D eigenvalue weighted by Gasteiger charge is -2.08. The van der Waals surface area contributed by atoms with Crippen molar-refractivity contribution in [2.75, 3.05) is 6.61 Å². The van der Waals surface area contributed by atoms with Gasteiger partial charge < -0.3 is 4.74 Å². The summed E-state index contributed by atoms with van der Waals surface area (Å²) in [4.78, 5) is 0. The Morgan fingerprint density at radius 1 is 1.33 bits per heavy atom. The molecule has 70 valence electrons. The quantitative estimate of drug-likeness (QED) is 0.576. The van der Waals surface area contributed by atoms with Gasteiger partial charge in [-0.25, -0.2) is 0 Å². The molecule has 2 nitrogen and oxygen atoms in total. The van der Waals surface area contributed by atoms with E-state index in [-0.39, 0.29) is 0 Å². The van der Waals surface area contributed by atoms with Gasteiger partial charge in [-0.15, -0.1) is 0 Å². The molecule has 0 saturated heterocycles. The fourth-order valence-corrected chi connectivity index (χ4v) is 1.81. The second kappa shape index (κ2) is 3.46. The van der Waals surface area contributed by atoms with Gasteiger partial charge in [-0.2, -0.15) is 4.58 Å². The Bertz CT molecular complexity index is 194. The lowest BCUT2D eigenvalue weighted by molar-refractivity contribution is -0.583. The maximum absolute atomic E-state index is 5.64. The Kier molecular flexibility index (Phi) is 2.76. The summed E-state index contributed by atoms with van der Waals surface area (Å²) >= 11 is 0. The standard InChI is InChI=1S/C10H20NO/c1-7(2)10-11(8(3)4)9(5)6-12-10/h7-9H,6H2,1-5H3/q+1/t9-/m0/s1. The van der Waals surface area contributed by atoms with Gasteiger partial charge in [0, 0.05) is 6.92 Å². The minimum atomic E-state index is 0.511. The molecule has 0 N–H and O–H groups in total. The Morgan fingerprint density at radius 2 is 1.92 bits per heavy atom. The van der Waals surface area contributed by atoms with Crippen LogP contribution in [0.5, 0.6) is 0 Å². The molecule has 1 heterocycles. The van der Waals surface area contributed by atoms with Crippen LogP contribution in [0.1, 0.15) is 34.6 Å². The first-order valence-corrected chi connectivity index (χ1v) is 4.82. The Labute approximate surface area is 75.2 Å². The number of hydrogen-bond donors (Lipinski definition) is 0. The van der Waals surface area contributed by atoms with Gasteiger partial charge in [0.25, 0.3) is 0 Å². The molecule has 0 aromatic rings. The van der Waals surface area contributed by atoms with Crippen molar-refractivity contribution in [1.82, 2.24) is 0 Å². The predicted molar refractivity (Wildman–Crippen MR) is 50.7 cm³/mol. The van der Waals surface area contributed by atoms with Gasteiger partial charge in [0.15, 0.2) is 18.7 Å². The van der Waals surface area contributed by atoms with Crippen LogP contribution in [0.15, 0.2) is 0 Å². The number of ether oxygens (including phenoxy) is 1. The van der Waals surface area contributed by atoms with Gasteiger partial charge >= 0.3 is 5.90 Å². The van der Waals surface area contributed by atoms with Crippen molar-refractivity contribution in [3.8, 4) is 0 Å². The van der Waals surface area contributed by atoms with Crippen molar-refractivity contribution in [1.29, 1.82) is 0 Å². The lowest BCUT2D eigenvalue weighted by atomic mass is 10.2. The Morgan fingerprint density at radius 3 is 2.25 bits per heavy atom. The van der Waals surface area contributed by atoms with Crippen LogP contribution in [-0.2, 0) is 4.74 Å². The molecule has 12 heavy (non-hydrogen) atoms. The first-order chi connectivity index (χ1) is 5.54. The molecule has 0 bridgehead atoms. The van der Waals surface area contributed by atoms with E-state index < -0.39 is 0 Å². The fourth-order valence-electron chi connectivity index (χ4n) is 1.81. The van der Waals surface area contributed by atoms with E-state index in [4.69, 9.17) is 4.74 Å². The molecule has 0 unspecified atom stereocenters. The highest BCUT2D eigenvalue weighted by atomic mass is 16.5. The van der Waals surface area contributed by atoms with Gasteiger partial charge in [0.1, 0.15) is 0 Å². The molecular weight excluding hydrogens is 150 g/mol. The lowest BCUT2D eigenvalue weighted by Crippen LogP contribution is -2.31. The van der Waals surface area contributed by atoms with Crippen LogP contribution < -0.4 is 0 Å². The molecule has 1 atom stereocenters. The van der Waals surface area contributed by atoms with E-state index in [1.165, 1.54) is 0 Å². The fraction of sp³-hybridized carbons (Fsp3) is 0.900. The van der Waals surface area contributed by atoms with Crippen LogP contribution in [0.4, 0.5) is 0 Å². The van der Waals surface area contributed by atoms with Crippen LogP contribution in [0.25, 0.3) is 0 Å². The molecule has 0 aromatic heterocycles. The molecule has 0 spiro atoms. The number of hydrogen-bond acceptors (Lipinski definition) is 1. The maximum Gasteiger partial charge on any atom is 0.339 e. The SMILES string of the molecule is CC(C)C1=[N+](C(C)C)[C@@H](C)CO1. The predicted octanol–water partition coefficient (Wildman–Crippen LogP) is 1.88. The Hall–Kier alpha value is -0.530. The van der Waals surface area contributed by atoms with Crippen molar-refractivity contribution >= 4 is 5.90 Å². The van der Waals surface area contributed by atoms with Crippen LogP contribution in [0.3, 0.4) is 0 Å². The zero-order chi connectivity index (χ0) is 9.30. The highest BCUT2D eigenvalue weighted by Gasteiger charge is 2.34. The van der Waals surface area contributed by atoms with Crippen molar-refractivity contribution in [2.24, 2.45) is 5.92 Å². The second-order valence-corrected chi connectivity index (χ2v) is 4.15. The van der Waals surface area contributed by atoms with E-state index in [2.05, 4.69) is 39.2 Å².